The number of hydrogen-bond donors (Lipinski definition) is 1. The van der Waals surface area contributed by atoms with Crippen molar-refractivity contribution < 1.29 is 5.11 Å². The average molecular weight is 286 g/mol. The second-order valence-corrected chi connectivity index (χ2v) is 6.04. The van der Waals surface area contributed by atoms with Crippen LogP contribution in [0.3, 0.4) is 0 Å². The zero-order chi connectivity index (χ0) is 15.4. The van der Waals surface area contributed by atoms with E-state index in [1.165, 1.54) is 16.7 Å². The second-order valence-electron chi connectivity index (χ2n) is 6.04. The smallest absolute Gasteiger partial charge is 0.0650 e. The van der Waals surface area contributed by atoms with Crippen LogP contribution in [0.1, 0.15) is 48.7 Å². The molecule has 0 aliphatic rings. The lowest BCUT2D eigenvalue weighted by atomic mass is 9.98. The van der Waals surface area contributed by atoms with Crippen LogP contribution in [0.15, 0.2) is 30.5 Å². The van der Waals surface area contributed by atoms with Crippen LogP contribution < -0.4 is 0 Å². The van der Waals surface area contributed by atoms with Gasteiger partial charge in [0.25, 0.3) is 0 Å². The van der Waals surface area contributed by atoms with Gasteiger partial charge in [-0.05, 0) is 50.8 Å². The average Bonchev–Trinajstić information content (AvgIpc) is 2.90. The normalized spacial score (nSPS) is 14.1. The van der Waals surface area contributed by atoms with Gasteiger partial charge in [-0.25, -0.2) is 0 Å². The lowest BCUT2D eigenvalue weighted by Crippen LogP contribution is -2.15. The molecule has 1 aromatic carbocycles. The lowest BCUT2D eigenvalue weighted by Gasteiger charge is -2.12. The molecule has 2 unspecified atom stereocenters. The minimum absolute atomic E-state index is 0.384. The molecule has 1 N–H and O–H groups in total. The summed E-state index contributed by atoms with van der Waals surface area (Å²) >= 11 is 0. The molecule has 0 saturated carbocycles. The van der Waals surface area contributed by atoms with Gasteiger partial charge in [0.05, 0.1) is 11.8 Å². The monoisotopic (exact) mass is 286 g/mol. The first-order valence-corrected chi connectivity index (χ1v) is 7.77. The van der Waals surface area contributed by atoms with Gasteiger partial charge in [-0.3, -0.25) is 4.68 Å². The summed E-state index contributed by atoms with van der Waals surface area (Å²) in [5.41, 5.74) is 4.67. The molecular weight excluding hydrogens is 260 g/mol. The van der Waals surface area contributed by atoms with Gasteiger partial charge >= 0.3 is 0 Å². The molecule has 1 heterocycles. The third kappa shape index (κ3) is 4.18. The first-order valence-electron chi connectivity index (χ1n) is 7.77. The Balaban J connectivity index is 1.99. The Bertz CT molecular complexity index is 589. The molecule has 0 aliphatic carbocycles. The molecule has 0 bridgehead atoms. The molecule has 2 rings (SSSR count). The van der Waals surface area contributed by atoms with E-state index in [2.05, 4.69) is 51.0 Å². The quantitative estimate of drug-likeness (QED) is 0.881. The maximum Gasteiger partial charge on any atom is 0.0650 e. The molecule has 0 radical (unpaired) electrons. The predicted octanol–water partition coefficient (Wildman–Crippen LogP) is 3.62. The van der Waals surface area contributed by atoms with E-state index in [4.69, 9.17) is 0 Å². The molecule has 3 heteroatoms. The third-order valence-electron chi connectivity index (χ3n) is 4.11. The highest BCUT2D eigenvalue weighted by atomic mass is 16.3. The van der Waals surface area contributed by atoms with Crippen molar-refractivity contribution in [3.8, 4) is 0 Å². The maximum atomic E-state index is 10.3. The SMILES string of the molecule is CCC(C)n1ccc(CC(O)Cc2cc(C)ccc2C)n1. The number of nitrogens with zero attached hydrogens (tertiary/aromatic N) is 2. The van der Waals surface area contributed by atoms with E-state index in [0.717, 1.165) is 12.1 Å². The Morgan fingerprint density at radius 2 is 1.95 bits per heavy atom. The summed E-state index contributed by atoms with van der Waals surface area (Å²) in [6.45, 7) is 8.49. The third-order valence-corrected chi connectivity index (χ3v) is 4.11. The number of aliphatic hydroxyl groups excluding tert-OH is 1. The number of benzene rings is 1. The minimum Gasteiger partial charge on any atom is -0.392 e. The molecule has 0 saturated heterocycles. The summed E-state index contributed by atoms with van der Waals surface area (Å²) in [4.78, 5) is 0. The lowest BCUT2D eigenvalue weighted by molar-refractivity contribution is 0.173. The molecular formula is C18H26N2O. The van der Waals surface area contributed by atoms with Gasteiger partial charge in [-0.2, -0.15) is 5.10 Å². The van der Waals surface area contributed by atoms with Gasteiger partial charge in [0.2, 0.25) is 0 Å². The van der Waals surface area contributed by atoms with Crippen LogP contribution in [-0.4, -0.2) is 21.0 Å². The largest absolute Gasteiger partial charge is 0.392 e. The molecule has 0 spiro atoms. The van der Waals surface area contributed by atoms with Crippen molar-refractivity contribution in [1.82, 2.24) is 9.78 Å². The number of aromatic nitrogens is 2. The van der Waals surface area contributed by atoms with E-state index in [1.54, 1.807) is 0 Å². The van der Waals surface area contributed by atoms with E-state index in [0.29, 0.717) is 18.9 Å². The van der Waals surface area contributed by atoms with Crippen molar-refractivity contribution in [2.24, 2.45) is 0 Å². The standard InChI is InChI=1S/C18H26N2O/c1-5-15(4)20-9-8-17(19-20)12-18(21)11-16-10-13(2)6-7-14(16)3/h6-10,15,18,21H,5,11-12H2,1-4H3. The fourth-order valence-corrected chi connectivity index (χ4v) is 2.51. The van der Waals surface area contributed by atoms with Crippen molar-refractivity contribution in [2.45, 2.75) is 59.1 Å². The van der Waals surface area contributed by atoms with E-state index in [9.17, 15) is 5.11 Å². The van der Waals surface area contributed by atoms with Crippen molar-refractivity contribution in [2.75, 3.05) is 0 Å². The highest BCUT2D eigenvalue weighted by Gasteiger charge is 2.12. The Labute approximate surface area is 127 Å². The molecule has 0 fully saturated rings. The van der Waals surface area contributed by atoms with Gasteiger partial charge in [-0.1, -0.05) is 30.7 Å². The summed E-state index contributed by atoms with van der Waals surface area (Å²) in [5, 5.41) is 14.9. The van der Waals surface area contributed by atoms with Crippen LogP contribution in [-0.2, 0) is 12.8 Å². The summed E-state index contributed by atoms with van der Waals surface area (Å²) in [6, 6.07) is 8.82. The van der Waals surface area contributed by atoms with Crippen LogP contribution in [0.25, 0.3) is 0 Å². The van der Waals surface area contributed by atoms with E-state index < -0.39 is 0 Å². The summed E-state index contributed by atoms with van der Waals surface area (Å²) in [7, 11) is 0. The highest BCUT2D eigenvalue weighted by molar-refractivity contribution is 5.31. The molecule has 114 valence electrons. The molecule has 3 nitrogen and oxygen atoms in total. The van der Waals surface area contributed by atoms with Crippen LogP contribution in [0, 0.1) is 13.8 Å². The topological polar surface area (TPSA) is 38.0 Å². The van der Waals surface area contributed by atoms with Crippen molar-refractivity contribution in [3.05, 3.63) is 52.8 Å². The zero-order valence-electron chi connectivity index (χ0n) is 13.5. The van der Waals surface area contributed by atoms with Crippen molar-refractivity contribution in [3.63, 3.8) is 0 Å². The van der Waals surface area contributed by atoms with Gasteiger partial charge < -0.3 is 5.11 Å². The predicted molar refractivity (Wildman–Crippen MR) is 86.6 cm³/mol. The Morgan fingerprint density at radius 3 is 2.67 bits per heavy atom. The molecule has 0 amide bonds. The molecule has 2 atom stereocenters. The molecule has 2 aromatic rings. The maximum absolute atomic E-state index is 10.3. The number of aliphatic hydroxyl groups is 1. The second kappa shape index (κ2) is 6.90. The van der Waals surface area contributed by atoms with E-state index >= 15 is 0 Å². The van der Waals surface area contributed by atoms with E-state index in [1.807, 2.05) is 16.9 Å². The van der Waals surface area contributed by atoms with Crippen molar-refractivity contribution >= 4 is 0 Å². The van der Waals surface area contributed by atoms with Crippen LogP contribution in [0.4, 0.5) is 0 Å². The Kier molecular flexibility index (Phi) is 5.18. The molecule has 0 aliphatic heterocycles. The van der Waals surface area contributed by atoms with Crippen molar-refractivity contribution in [1.29, 1.82) is 0 Å². The number of hydrogen-bond acceptors (Lipinski definition) is 2. The van der Waals surface area contributed by atoms with Gasteiger partial charge in [0.1, 0.15) is 0 Å². The fraction of sp³-hybridized carbons (Fsp3) is 0.500. The first-order chi connectivity index (χ1) is 9.99. The Morgan fingerprint density at radius 1 is 1.19 bits per heavy atom. The molecule has 21 heavy (non-hydrogen) atoms. The minimum atomic E-state index is -0.384. The van der Waals surface area contributed by atoms with Gasteiger partial charge in [0, 0.05) is 18.7 Å². The van der Waals surface area contributed by atoms with E-state index in [-0.39, 0.29) is 6.10 Å². The summed E-state index contributed by atoms with van der Waals surface area (Å²) in [5.74, 6) is 0. The van der Waals surface area contributed by atoms with Gasteiger partial charge in [0.15, 0.2) is 0 Å². The highest BCUT2D eigenvalue weighted by Crippen LogP contribution is 2.15. The van der Waals surface area contributed by atoms with Crippen LogP contribution in [0.2, 0.25) is 0 Å². The summed E-state index contributed by atoms with van der Waals surface area (Å²) in [6.07, 6.45) is 3.98. The summed E-state index contributed by atoms with van der Waals surface area (Å²) < 4.78 is 1.99. The van der Waals surface area contributed by atoms with Crippen LogP contribution >= 0.6 is 0 Å². The zero-order valence-corrected chi connectivity index (χ0v) is 13.5. The number of aryl methyl sites for hydroxylation is 2. The number of rotatable bonds is 6. The fourth-order valence-electron chi connectivity index (χ4n) is 2.51. The first kappa shape index (κ1) is 15.8. The molecule has 1 aromatic heterocycles. The Hall–Kier alpha value is -1.61. The van der Waals surface area contributed by atoms with Crippen LogP contribution in [0.5, 0.6) is 0 Å². The van der Waals surface area contributed by atoms with Gasteiger partial charge in [-0.15, -0.1) is 0 Å².